The van der Waals surface area contributed by atoms with Crippen LogP contribution in [-0.4, -0.2) is 12.9 Å². The molecule has 0 aliphatic rings. The van der Waals surface area contributed by atoms with Crippen molar-refractivity contribution in [3.63, 3.8) is 0 Å². The molecule has 0 aromatic carbocycles. The largest absolute Gasteiger partial charge is 0.505 e. The summed E-state index contributed by atoms with van der Waals surface area (Å²) in [6.45, 7) is 9.68. The molecule has 0 rings (SSSR count). The van der Waals surface area contributed by atoms with Crippen LogP contribution in [-0.2, 0) is 9.53 Å². The Bertz CT molecular complexity index is 115. The summed E-state index contributed by atoms with van der Waals surface area (Å²) in [5, 5.41) is 0. The number of ketones is 1. The molecular formula is C8H12O2. The van der Waals surface area contributed by atoms with Gasteiger partial charge in [0.15, 0.2) is 5.78 Å². The second-order valence-electron chi connectivity index (χ2n) is 1.21. The minimum absolute atomic E-state index is 0.130. The van der Waals surface area contributed by atoms with E-state index in [0.29, 0.717) is 0 Å². The van der Waals surface area contributed by atoms with Gasteiger partial charge in [-0.05, 0) is 12.2 Å². The van der Waals surface area contributed by atoms with E-state index in [4.69, 9.17) is 0 Å². The lowest BCUT2D eigenvalue weighted by Crippen LogP contribution is -1.78. The molecule has 0 atom stereocenters. The molecule has 0 radical (unpaired) electrons. The summed E-state index contributed by atoms with van der Waals surface area (Å²) < 4.78 is 4.31. The summed E-state index contributed by atoms with van der Waals surface area (Å²) in [4.78, 5) is 9.94. The zero-order valence-corrected chi connectivity index (χ0v) is 6.17. The van der Waals surface area contributed by atoms with Gasteiger partial charge in [-0.2, -0.15) is 0 Å². The van der Waals surface area contributed by atoms with Gasteiger partial charge in [0.1, 0.15) is 0 Å². The molecule has 0 spiro atoms. The Morgan fingerprint density at radius 1 is 1.30 bits per heavy atom. The Morgan fingerprint density at radius 2 is 1.60 bits per heavy atom. The molecular weight excluding hydrogens is 128 g/mol. The highest BCUT2D eigenvalue weighted by atomic mass is 16.5. The number of rotatable bonds is 3. The molecule has 0 aliphatic carbocycles. The standard InChI is InChI=1S/C5H6O.C3H6O/c1-3-5(6)4-2;1-3-4-2/h3-4H,1-2H2;3H,1H2,2H3. The molecule has 56 valence electrons. The number of ether oxygens (including phenoxy) is 1. The van der Waals surface area contributed by atoms with Gasteiger partial charge in [-0.1, -0.05) is 19.7 Å². The van der Waals surface area contributed by atoms with Crippen LogP contribution >= 0.6 is 0 Å². The van der Waals surface area contributed by atoms with Crippen molar-refractivity contribution in [1.29, 1.82) is 0 Å². The number of methoxy groups -OCH3 is 1. The Kier molecular flexibility index (Phi) is 12.2. The van der Waals surface area contributed by atoms with Gasteiger partial charge in [-0.25, -0.2) is 0 Å². The molecule has 0 bridgehead atoms. The van der Waals surface area contributed by atoms with Gasteiger partial charge in [0.05, 0.1) is 13.4 Å². The number of carbonyl (C=O) groups excluding carboxylic acids is 1. The Morgan fingerprint density at radius 3 is 1.60 bits per heavy atom. The van der Waals surface area contributed by atoms with Gasteiger partial charge in [0.25, 0.3) is 0 Å². The van der Waals surface area contributed by atoms with E-state index in [2.05, 4.69) is 24.5 Å². The van der Waals surface area contributed by atoms with Gasteiger partial charge in [0, 0.05) is 0 Å². The van der Waals surface area contributed by atoms with Crippen molar-refractivity contribution in [2.45, 2.75) is 0 Å². The van der Waals surface area contributed by atoms with Crippen LogP contribution in [0, 0.1) is 0 Å². The molecule has 2 heteroatoms. The molecule has 0 aromatic heterocycles. The molecule has 0 heterocycles. The van der Waals surface area contributed by atoms with Crippen molar-refractivity contribution >= 4 is 5.78 Å². The highest BCUT2D eigenvalue weighted by Crippen LogP contribution is 1.68. The van der Waals surface area contributed by atoms with E-state index in [1.807, 2.05) is 0 Å². The molecule has 0 saturated heterocycles. The Hall–Kier alpha value is -1.31. The lowest BCUT2D eigenvalue weighted by molar-refractivity contribution is -0.110. The average Bonchev–Trinajstić information content (AvgIpc) is 2.03. The summed E-state index contributed by atoms with van der Waals surface area (Å²) in [5.74, 6) is -0.130. The molecule has 0 unspecified atom stereocenters. The van der Waals surface area contributed by atoms with Crippen molar-refractivity contribution in [2.24, 2.45) is 0 Å². The van der Waals surface area contributed by atoms with Crippen LogP contribution < -0.4 is 0 Å². The van der Waals surface area contributed by atoms with Gasteiger partial charge in [0.2, 0.25) is 0 Å². The first kappa shape index (κ1) is 11.5. The first-order valence-electron chi connectivity index (χ1n) is 2.65. The van der Waals surface area contributed by atoms with Crippen LogP contribution in [0.2, 0.25) is 0 Å². The highest BCUT2D eigenvalue weighted by Gasteiger charge is 1.75. The molecule has 0 fully saturated rings. The summed E-state index contributed by atoms with van der Waals surface area (Å²) in [7, 11) is 1.56. The fourth-order valence-electron chi connectivity index (χ4n) is 0.0833. The van der Waals surface area contributed by atoms with Gasteiger partial charge in [-0.3, -0.25) is 4.79 Å². The fraction of sp³-hybridized carbons (Fsp3) is 0.125. The van der Waals surface area contributed by atoms with Crippen molar-refractivity contribution in [3.05, 3.63) is 38.2 Å². The van der Waals surface area contributed by atoms with E-state index >= 15 is 0 Å². The molecule has 10 heavy (non-hydrogen) atoms. The smallest absolute Gasteiger partial charge is 0.177 e. The van der Waals surface area contributed by atoms with Crippen LogP contribution in [0.5, 0.6) is 0 Å². The number of allylic oxidation sites excluding steroid dienone is 2. The zero-order valence-electron chi connectivity index (χ0n) is 6.17. The average molecular weight is 140 g/mol. The van der Waals surface area contributed by atoms with Crippen LogP contribution in [0.4, 0.5) is 0 Å². The molecule has 2 nitrogen and oxygen atoms in total. The first-order chi connectivity index (χ1) is 4.72. The second kappa shape index (κ2) is 10.6. The zero-order chi connectivity index (χ0) is 8.41. The van der Waals surface area contributed by atoms with E-state index in [0.717, 1.165) is 0 Å². The van der Waals surface area contributed by atoms with E-state index in [1.54, 1.807) is 7.11 Å². The van der Waals surface area contributed by atoms with Crippen LogP contribution in [0.1, 0.15) is 0 Å². The van der Waals surface area contributed by atoms with Gasteiger partial charge in [-0.15, -0.1) is 0 Å². The first-order valence-corrected chi connectivity index (χ1v) is 2.65. The van der Waals surface area contributed by atoms with E-state index in [-0.39, 0.29) is 5.78 Å². The number of carbonyl (C=O) groups is 1. The van der Waals surface area contributed by atoms with Crippen molar-refractivity contribution in [3.8, 4) is 0 Å². The van der Waals surface area contributed by atoms with Crippen LogP contribution in [0.3, 0.4) is 0 Å². The third-order valence-corrected chi connectivity index (χ3v) is 0.569. The summed E-state index contributed by atoms with van der Waals surface area (Å²) in [6.07, 6.45) is 3.81. The quantitative estimate of drug-likeness (QED) is 0.440. The van der Waals surface area contributed by atoms with Crippen LogP contribution in [0.25, 0.3) is 0 Å². The highest BCUT2D eigenvalue weighted by molar-refractivity contribution is 5.98. The predicted molar refractivity (Wildman–Crippen MR) is 42.6 cm³/mol. The number of hydrogen-bond donors (Lipinski definition) is 0. The maximum absolute atomic E-state index is 9.94. The maximum Gasteiger partial charge on any atom is 0.177 e. The summed E-state index contributed by atoms with van der Waals surface area (Å²) in [5.41, 5.74) is 0. The van der Waals surface area contributed by atoms with Crippen molar-refractivity contribution < 1.29 is 9.53 Å². The minimum Gasteiger partial charge on any atom is -0.505 e. The Balaban J connectivity index is 0. The van der Waals surface area contributed by atoms with Gasteiger partial charge >= 0.3 is 0 Å². The van der Waals surface area contributed by atoms with Crippen molar-refractivity contribution in [2.75, 3.05) is 7.11 Å². The third kappa shape index (κ3) is 15.9. The lowest BCUT2D eigenvalue weighted by atomic mass is 10.4. The van der Waals surface area contributed by atoms with Gasteiger partial charge < -0.3 is 4.74 Å². The summed E-state index contributed by atoms with van der Waals surface area (Å²) in [6, 6.07) is 0. The monoisotopic (exact) mass is 140 g/mol. The normalized spacial score (nSPS) is 6.10. The maximum atomic E-state index is 9.94. The summed E-state index contributed by atoms with van der Waals surface area (Å²) >= 11 is 0. The molecule has 0 saturated carbocycles. The molecule has 0 aliphatic heterocycles. The SMILES string of the molecule is C=CC(=O)C=C.C=COC. The van der Waals surface area contributed by atoms with E-state index < -0.39 is 0 Å². The molecule has 0 amide bonds. The fourth-order valence-corrected chi connectivity index (χ4v) is 0.0833. The van der Waals surface area contributed by atoms with Crippen LogP contribution in [0.15, 0.2) is 38.2 Å². The Labute approximate surface area is 61.5 Å². The molecule has 0 N–H and O–H groups in total. The van der Waals surface area contributed by atoms with E-state index in [1.165, 1.54) is 18.4 Å². The van der Waals surface area contributed by atoms with Crippen molar-refractivity contribution in [1.82, 2.24) is 0 Å². The topological polar surface area (TPSA) is 26.3 Å². The third-order valence-electron chi connectivity index (χ3n) is 0.569. The predicted octanol–water partition coefficient (Wildman–Crippen LogP) is 1.70. The minimum atomic E-state index is -0.130. The van der Waals surface area contributed by atoms with E-state index in [9.17, 15) is 4.79 Å². The molecule has 0 aromatic rings. The lowest BCUT2D eigenvalue weighted by Gasteiger charge is -1.73. The number of hydrogen-bond acceptors (Lipinski definition) is 2. The second-order valence-corrected chi connectivity index (χ2v) is 1.21.